The van der Waals surface area contributed by atoms with Crippen molar-refractivity contribution in [2.45, 2.75) is 39.5 Å². The Balaban J connectivity index is 0.00000166. The van der Waals surface area contributed by atoms with Crippen LogP contribution in [0.2, 0.25) is 0 Å². The fraction of sp³-hybridized carbons (Fsp3) is 0.375. The minimum absolute atomic E-state index is 0.260. The largest absolute Gasteiger partial charge is 0.501 e. The Kier molecular flexibility index (Phi) is 9.55. The van der Waals surface area contributed by atoms with Gasteiger partial charge in [-0.25, -0.2) is 0 Å². The first-order valence-corrected chi connectivity index (χ1v) is 10.6. The number of ether oxygens (including phenoxy) is 2. The summed E-state index contributed by atoms with van der Waals surface area (Å²) in [5, 5.41) is 3.34. The lowest BCUT2D eigenvalue weighted by atomic mass is 10.1. The van der Waals surface area contributed by atoms with Crippen molar-refractivity contribution in [3.8, 4) is 17.3 Å². The van der Waals surface area contributed by atoms with Crippen LogP contribution in [0.25, 0.3) is 11.3 Å². The third-order valence-electron chi connectivity index (χ3n) is 4.77. The summed E-state index contributed by atoms with van der Waals surface area (Å²) in [6.07, 6.45) is 8.23. The normalized spacial score (nSPS) is 13.0. The molecule has 0 aliphatic heterocycles. The molecule has 3 rings (SSSR count). The van der Waals surface area contributed by atoms with Crippen molar-refractivity contribution in [3.05, 3.63) is 59.4 Å². The standard InChI is InChI=1S/C22H26N4O3.C2H6/c1-28-18-8-3-5-15(9-10-18)11-12-24-20-14-19(25-22(26-20)29-2)16-6-4-7-17(13-16)21(23)27;1-2/h4,6-7,9-10,13-14H,3,5,8,11-12H2,1-2H3,(H2,23,27)(H,24,25,26);1-2H3. The summed E-state index contributed by atoms with van der Waals surface area (Å²) in [6.45, 7) is 4.74. The number of nitrogens with zero attached hydrogens (tertiary/aromatic N) is 2. The third kappa shape index (κ3) is 7.13. The van der Waals surface area contributed by atoms with E-state index in [9.17, 15) is 4.79 Å². The lowest BCUT2D eigenvalue weighted by Gasteiger charge is -2.11. The van der Waals surface area contributed by atoms with Gasteiger partial charge < -0.3 is 20.5 Å². The van der Waals surface area contributed by atoms with Crippen molar-refractivity contribution >= 4 is 11.7 Å². The number of carbonyl (C=O) groups excluding carboxylic acids is 1. The topological polar surface area (TPSA) is 99.4 Å². The first-order chi connectivity index (χ1) is 15.1. The van der Waals surface area contributed by atoms with E-state index in [0.717, 1.165) is 43.6 Å². The second kappa shape index (κ2) is 12.4. The van der Waals surface area contributed by atoms with Crippen molar-refractivity contribution in [2.24, 2.45) is 5.73 Å². The molecule has 1 amide bonds. The van der Waals surface area contributed by atoms with Crippen LogP contribution in [0.4, 0.5) is 5.82 Å². The second-order valence-corrected chi connectivity index (χ2v) is 6.76. The van der Waals surface area contributed by atoms with Crippen molar-refractivity contribution in [1.82, 2.24) is 9.97 Å². The van der Waals surface area contributed by atoms with Gasteiger partial charge in [0.2, 0.25) is 5.91 Å². The van der Waals surface area contributed by atoms with Gasteiger partial charge in [-0.1, -0.05) is 37.6 Å². The molecule has 2 aromatic rings. The van der Waals surface area contributed by atoms with Crippen LogP contribution >= 0.6 is 0 Å². The van der Waals surface area contributed by atoms with E-state index < -0.39 is 5.91 Å². The van der Waals surface area contributed by atoms with E-state index in [4.69, 9.17) is 15.2 Å². The summed E-state index contributed by atoms with van der Waals surface area (Å²) >= 11 is 0. The summed E-state index contributed by atoms with van der Waals surface area (Å²) in [7, 11) is 3.24. The Labute approximate surface area is 184 Å². The predicted molar refractivity (Wildman–Crippen MR) is 124 cm³/mol. The van der Waals surface area contributed by atoms with E-state index in [1.54, 1.807) is 25.3 Å². The Morgan fingerprint density at radius 3 is 2.61 bits per heavy atom. The first kappa shape index (κ1) is 23.9. The molecule has 0 bridgehead atoms. The van der Waals surface area contributed by atoms with Crippen LogP contribution in [0.1, 0.15) is 49.9 Å². The number of anilines is 1. The van der Waals surface area contributed by atoms with E-state index in [2.05, 4.69) is 27.4 Å². The monoisotopic (exact) mass is 424 g/mol. The predicted octanol–water partition coefficient (Wildman–Crippen LogP) is 4.72. The van der Waals surface area contributed by atoms with Gasteiger partial charge in [0, 0.05) is 30.2 Å². The number of nitrogens with one attached hydrogen (secondary N) is 1. The molecule has 1 aromatic carbocycles. The van der Waals surface area contributed by atoms with Crippen LogP contribution in [0.3, 0.4) is 0 Å². The van der Waals surface area contributed by atoms with Crippen LogP contribution in [-0.2, 0) is 4.74 Å². The highest BCUT2D eigenvalue weighted by molar-refractivity contribution is 5.94. The van der Waals surface area contributed by atoms with E-state index >= 15 is 0 Å². The fourth-order valence-corrected chi connectivity index (χ4v) is 3.18. The molecular formula is C24H32N4O3. The van der Waals surface area contributed by atoms with Gasteiger partial charge >= 0.3 is 6.01 Å². The molecule has 0 atom stereocenters. The SMILES string of the molecule is CC.COC1=CC=C(CCNc2cc(-c3cccc(C(N)=O)c3)nc(OC)n2)CCC1. The number of aromatic nitrogens is 2. The molecule has 3 N–H and O–H groups in total. The summed E-state index contributed by atoms with van der Waals surface area (Å²) in [4.78, 5) is 20.2. The molecule has 1 aromatic heterocycles. The maximum atomic E-state index is 11.5. The number of amides is 1. The van der Waals surface area contributed by atoms with Crippen molar-refractivity contribution in [1.29, 1.82) is 0 Å². The van der Waals surface area contributed by atoms with Gasteiger partial charge in [-0.15, -0.1) is 0 Å². The van der Waals surface area contributed by atoms with Crippen LogP contribution in [0.5, 0.6) is 6.01 Å². The van der Waals surface area contributed by atoms with Gasteiger partial charge in [0.1, 0.15) is 5.82 Å². The average molecular weight is 425 g/mol. The molecule has 0 saturated carbocycles. The number of primary amides is 1. The number of allylic oxidation sites excluding steroid dienone is 3. The fourth-order valence-electron chi connectivity index (χ4n) is 3.18. The number of carbonyl (C=O) groups is 1. The van der Waals surface area contributed by atoms with Gasteiger partial charge in [-0.2, -0.15) is 9.97 Å². The molecule has 0 fully saturated rings. The smallest absolute Gasteiger partial charge is 0.318 e. The van der Waals surface area contributed by atoms with Gasteiger partial charge in [-0.05, 0) is 37.5 Å². The van der Waals surface area contributed by atoms with E-state index in [1.807, 2.05) is 26.0 Å². The maximum absolute atomic E-state index is 11.5. The molecule has 0 radical (unpaired) electrons. The molecule has 166 valence electrons. The van der Waals surface area contributed by atoms with Gasteiger partial charge in [0.25, 0.3) is 0 Å². The molecule has 1 aliphatic rings. The maximum Gasteiger partial charge on any atom is 0.318 e. The molecule has 0 unspecified atom stereocenters. The highest BCUT2D eigenvalue weighted by atomic mass is 16.5. The Bertz CT molecular complexity index is 938. The van der Waals surface area contributed by atoms with Crippen LogP contribution in [-0.4, -0.2) is 36.6 Å². The molecule has 31 heavy (non-hydrogen) atoms. The van der Waals surface area contributed by atoms with E-state index in [1.165, 1.54) is 12.7 Å². The quantitative estimate of drug-likeness (QED) is 0.636. The zero-order chi connectivity index (χ0) is 22.6. The number of benzene rings is 1. The number of rotatable bonds is 8. The summed E-state index contributed by atoms with van der Waals surface area (Å²) in [5.41, 5.74) is 8.62. The van der Waals surface area contributed by atoms with Crippen LogP contribution in [0.15, 0.2) is 53.8 Å². The molecular weight excluding hydrogens is 392 g/mol. The summed E-state index contributed by atoms with van der Waals surface area (Å²) in [6, 6.07) is 9.13. The number of nitrogens with two attached hydrogens (primary N) is 1. The minimum Gasteiger partial charge on any atom is -0.501 e. The number of hydrogen-bond donors (Lipinski definition) is 2. The van der Waals surface area contributed by atoms with Crippen LogP contribution < -0.4 is 15.8 Å². The summed E-state index contributed by atoms with van der Waals surface area (Å²) in [5.74, 6) is 1.21. The van der Waals surface area contributed by atoms with E-state index in [0.29, 0.717) is 17.1 Å². The van der Waals surface area contributed by atoms with Gasteiger partial charge in [0.15, 0.2) is 0 Å². The average Bonchev–Trinajstić information content (AvgIpc) is 3.05. The molecule has 7 nitrogen and oxygen atoms in total. The second-order valence-electron chi connectivity index (χ2n) is 6.76. The molecule has 1 aliphatic carbocycles. The third-order valence-corrected chi connectivity index (χ3v) is 4.77. The number of hydrogen-bond acceptors (Lipinski definition) is 6. The van der Waals surface area contributed by atoms with Crippen molar-refractivity contribution in [3.63, 3.8) is 0 Å². The highest BCUT2D eigenvalue weighted by Crippen LogP contribution is 2.24. The molecule has 7 heteroatoms. The van der Waals surface area contributed by atoms with E-state index in [-0.39, 0.29) is 6.01 Å². The zero-order valence-corrected chi connectivity index (χ0v) is 18.8. The van der Waals surface area contributed by atoms with Crippen molar-refractivity contribution in [2.75, 3.05) is 26.1 Å². The first-order valence-electron chi connectivity index (χ1n) is 10.6. The lowest BCUT2D eigenvalue weighted by Crippen LogP contribution is -2.10. The summed E-state index contributed by atoms with van der Waals surface area (Å²) < 4.78 is 10.6. The lowest BCUT2D eigenvalue weighted by molar-refractivity contribution is 0.100. The van der Waals surface area contributed by atoms with Crippen molar-refractivity contribution < 1.29 is 14.3 Å². The van der Waals surface area contributed by atoms with Gasteiger partial charge in [0.05, 0.1) is 25.7 Å². The van der Waals surface area contributed by atoms with Crippen LogP contribution in [0, 0.1) is 0 Å². The zero-order valence-electron chi connectivity index (χ0n) is 18.8. The molecule has 1 heterocycles. The highest BCUT2D eigenvalue weighted by Gasteiger charge is 2.10. The molecule has 0 saturated heterocycles. The minimum atomic E-state index is -0.478. The Hall–Kier alpha value is -3.35. The Morgan fingerprint density at radius 2 is 1.90 bits per heavy atom. The van der Waals surface area contributed by atoms with Gasteiger partial charge in [-0.3, -0.25) is 4.79 Å². The Morgan fingerprint density at radius 1 is 1.10 bits per heavy atom. The molecule has 0 spiro atoms. The number of methoxy groups -OCH3 is 2.